The molecule has 0 aromatic heterocycles. The predicted octanol–water partition coefficient (Wildman–Crippen LogP) is 3.42. The SMILES string of the molecule is Cc1cccc(NC(C)(C(N)=O)c2cc(C)ccc2C)c1. The largest absolute Gasteiger partial charge is 0.368 e. The second-order valence-corrected chi connectivity index (χ2v) is 5.80. The Morgan fingerprint density at radius 2 is 1.71 bits per heavy atom. The third-order valence-corrected chi connectivity index (χ3v) is 3.84. The van der Waals surface area contributed by atoms with Crippen molar-refractivity contribution in [2.45, 2.75) is 33.2 Å². The van der Waals surface area contributed by atoms with Crippen LogP contribution in [0.3, 0.4) is 0 Å². The molecule has 2 aromatic rings. The van der Waals surface area contributed by atoms with Gasteiger partial charge in [-0.25, -0.2) is 0 Å². The summed E-state index contributed by atoms with van der Waals surface area (Å²) in [4.78, 5) is 12.1. The fourth-order valence-corrected chi connectivity index (χ4v) is 2.55. The minimum absolute atomic E-state index is 0.391. The van der Waals surface area contributed by atoms with Crippen LogP contribution < -0.4 is 11.1 Å². The lowest BCUT2D eigenvalue weighted by molar-refractivity contribution is -0.122. The zero-order chi connectivity index (χ0) is 15.6. The fraction of sp³-hybridized carbons (Fsp3) is 0.278. The molecule has 0 saturated heterocycles. The Kier molecular flexibility index (Phi) is 4.03. The quantitative estimate of drug-likeness (QED) is 0.902. The maximum atomic E-state index is 12.1. The van der Waals surface area contributed by atoms with Crippen LogP contribution in [0.25, 0.3) is 0 Å². The number of nitrogens with two attached hydrogens (primary N) is 1. The van der Waals surface area contributed by atoms with Crippen molar-refractivity contribution in [1.29, 1.82) is 0 Å². The van der Waals surface area contributed by atoms with E-state index in [-0.39, 0.29) is 0 Å². The van der Waals surface area contributed by atoms with Crippen molar-refractivity contribution in [2.24, 2.45) is 5.73 Å². The van der Waals surface area contributed by atoms with E-state index in [4.69, 9.17) is 5.73 Å². The van der Waals surface area contributed by atoms with Crippen molar-refractivity contribution < 1.29 is 4.79 Å². The Morgan fingerprint density at radius 1 is 1.05 bits per heavy atom. The molecule has 1 atom stereocenters. The first-order valence-electron chi connectivity index (χ1n) is 7.05. The van der Waals surface area contributed by atoms with Gasteiger partial charge in [-0.05, 0) is 56.5 Å². The first kappa shape index (κ1) is 15.1. The van der Waals surface area contributed by atoms with E-state index in [1.54, 1.807) is 0 Å². The summed E-state index contributed by atoms with van der Waals surface area (Å²) in [6.45, 7) is 7.86. The number of hydrogen-bond acceptors (Lipinski definition) is 2. The molecule has 21 heavy (non-hydrogen) atoms. The molecule has 1 unspecified atom stereocenters. The second-order valence-electron chi connectivity index (χ2n) is 5.80. The van der Waals surface area contributed by atoms with Gasteiger partial charge in [0.25, 0.3) is 0 Å². The Morgan fingerprint density at radius 3 is 2.33 bits per heavy atom. The van der Waals surface area contributed by atoms with Crippen LogP contribution >= 0.6 is 0 Å². The Hall–Kier alpha value is -2.29. The summed E-state index contributed by atoms with van der Waals surface area (Å²) in [5.41, 5.74) is 9.85. The molecular formula is C18H22N2O. The van der Waals surface area contributed by atoms with Gasteiger partial charge in [0, 0.05) is 5.69 Å². The maximum absolute atomic E-state index is 12.1. The van der Waals surface area contributed by atoms with Gasteiger partial charge in [-0.1, -0.05) is 35.9 Å². The number of primary amides is 1. The number of rotatable bonds is 4. The van der Waals surface area contributed by atoms with Gasteiger partial charge < -0.3 is 11.1 Å². The molecule has 110 valence electrons. The Balaban J connectivity index is 2.50. The minimum Gasteiger partial charge on any atom is -0.368 e. The third-order valence-electron chi connectivity index (χ3n) is 3.84. The molecule has 0 heterocycles. The van der Waals surface area contributed by atoms with E-state index in [2.05, 4.69) is 5.32 Å². The number of benzene rings is 2. The van der Waals surface area contributed by atoms with Gasteiger partial charge in [0.2, 0.25) is 5.91 Å². The van der Waals surface area contributed by atoms with E-state index < -0.39 is 11.4 Å². The average molecular weight is 282 g/mol. The van der Waals surface area contributed by atoms with Crippen LogP contribution in [-0.2, 0) is 10.3 Å². The molecule has 2 aromatic carbocycles. The second kappa shape index (κ2) is 5.60. The summed E-state index contributed by atoms with van der Waals surface area (Å²) < 4.78 is 0. The molecular weight excluding hydrogens is 260 g/mol. The predicted molar refractivity (Wildman–Crippen MR) is 87.3 cm³/mol. The van der Waals surface area contributed by atoms with Gasteiger partial charge in [0.05, 0.1) is 0 Å². The molecule has 3 nitrogen and oxygen atoms in total. The van der Waals surface area contributed by atoms with Crippen LogP contribution in [0, 0.1) is 20.8 Å². The molecule has 0 radical (unpaired) electrons. The van der Waals surface area contributed by atoms with Crippen LogP contribution in [0.5, 0.6) is 0 Å². The maximum Gasteiger partial charge on any atom is 0.247 e. The molecule has 0 spiro atoms. The fourth-order valence-electron chi connectivity index (χ4n) is 2.55. The van der Waals surface area contributed by atoms with E-state index in [1.807, 2.05) is 70.2 Å². The molecule has 3 heteroatoms. The van der Waals surface area contributed by atoms with Gasteiger partial charge in [0.1, 0.15) is 5.54 Å². The molecule has 0 aliphatic rings. The van der Waals surface area contributed by atoms with Crippen molar-refractivity contribution >= 4 is 11.6 Å². The van der Waals surface area contributed by atoms with Crippen LogP contribution in [0.15, 0.2) is 42.5 Å². The Labute approximate surface area is 126 Å². The van der Waals surface area contributed by atoms with Crippen LogP contribution in [0.2, 0.25) is 0 Å². The number of aryl methyl sites for hydroxylation is 3. The zero-order valence-electron chi connectivity index (χ0n) is 13.0. The number of carbonyl (C=O) groups excluding carboxylic acids is 1. The highest BCUT2D eigenvalue weighted by Crippen LogP contribution is 2.29. The van der Waals surface area contributed by atoms with E-state index in [9.17, 15) is 4.79 Å². The first-order valence-corrected chi connectivity index (χ1v) is 7.05. The van der Waals surface area contributed by atoms with Crippen LogP contribution in [0.1, 0.15) is 29.2 Å². The molecule has 0 bridgehead atoms. The van der Waals surface area contributed by atoms with Crippen molar-refractivity contribution in [1.82, 2.24) is 0 Å². The van der Waals surface area contributed by atoms with E-state index in [0.717, 1.165) is 27.9 Å². The number of nitrogens with one attached hydrogen (secondary N) is 1. The molecule has 0 saturated carbocycles. The number of amides is 1. The van der Waals surface area contributed by atoms with E-state index in [1.165, 1.54) is 0 Å². The van der Waals surface area contributed by atoms with Crippen molar-refractivity contribution in [3.63, 3.8) is 0 Å². The normalized spacial score (nSPS) is 13.5. The summed E-state index contributed by atoms with van der Waals surface area (Å²) >= 11 is 0. The Bertz CT molecular complexity index is 679. The number of anilines is 1. The average Bonchev–Trinajstić information content (AvgIpc) is 2.41. The first-order chi connectivity index (χ1) is 9.83. The lowest BCUT2D eigenvalue weighted by atomic mass is 9.86. The van der Waals surface area contributed by atoms with Crippen LogP contribution in [-0.4, -0.2) is 5.91 Å². The highest BCUT2D eigenvalue weighted by molar-refractivity contribution is 5.89. The summed E-state index contributed by atoms with van der Waals surface area (Å²) in [6.07, 6.45) is 0. The van der Waals surface area contributed by atoms with Gasteiger partial charge >= 0.3 is 0 Å². The molecule has 0 aliphatic heterocycles. The van der Waals surface area contributed by atoms with Gasteiger partial charge in [0.15, 0.2) is 0 Å². The molecule has 1 amide bonds. The minimum atomic E-state index is -0.941. The van der Waals surface area contributed by atoms with E-state index in [0.29, 0.717) is 0 Å². The van der Waals surface area contributed by atoms with Crippen molar-refractivity contribution in [3.05, 3.63) is 64.7 Å². The number of carbonyl (C=O) groups is 1. The highest BCUT2D eigenvalue weighted by atomic mass is 16.1. The number of hydrogen-bond donors (Lipinski definition) is 2. The monoisotopic (exact) mass is 282 g/mol. The third kappa shape index (κ3) is 3.07. The molecule has 2 rings (SSSR count). The smallest absolute Gasteiger partial charge is 0.247 e. The summed E-state index contributed by atoms with van der Waals surface area (Å²) in [6, 6.07) is 14.0. The van der Waals surface area contributed by atoms with Gasteiger partial charge in [-0.2, -0.15) is 0 Å². The van der Waals surface area contributed by atoms with Crippen LogP contribution in [0.4, 0.5) is 5.69 Å². The van der Waals surface area contributed by atoms with Gasteiger partial charge in [-0.3, -0.25) is 4.79 Å². The lowest BCUT2D eigenvalue weighted by Gasteiger charge is -2.31. The molecule has 0 fully saturated rings. The summed E-state index contributed by atoms with van der Waals surface area (Å²) in [5.74, 6) is -0.391. The topological polar surface area (TPSA) is 55.1 Å². The zero-order valence-corrected chi connectivity index (χ0v) is 13.0. The summed E-state index contributed by atoms with van der Waals surface area (Å²) in [5, 5.41) is 3.31. The lowest BCUT2D eigenvalue weighted by Crippen LogP contribution is -2.45. The molecule has 0 aliphatic carbocycles. The van der Waals surface area contributed by atoms with Crippen molar-refractivity contribution in [3.8, 4) is 0 Å². The van der Waals surface area contributed by atoms with Crippen molar-refractivity contribution in [2.75, 3.05) is 5.32 Å². The van der Waals surface area contributed by atoms with Gasteiger partial charge in [-0.15, -0.1) is 0 Å². The molecule has 3 N–H and O–H groups in total. The van der Waals surface area contributed by atoms with E-state index >= 15 is 0 Å². The summed E-state index contributed by atoms with van der Waals surface area (Å²) in [7, 11) is 0. The highest BCUT2D eigenvalue weighted by Gasteiger charge is 2.34. The standard InChI is InChI=1S/C18H22N2O/c1-12-6-5-7-15(10-12)20-18(4,17(19)21)16-11-13(2)8-9-14(16)3/h5-11,20H,1-4H3,(H2,19,21).